The number of thioether (sulfide) groups is 1. The zero-order valence-electron chi connectivity index (χ0n) is 10.1. The van der Waals surface area contributed by atoms with E-state index < -0.39 is 0 Å². The quantitative estimate of drug-likeness (QED) is 0.664. The van der Waals surface area contributed by atoms with Crippen molar-refractivity contribution in [1.82, 2.24) is 19.5 Å². The van der Waals surface area contributed by atoms with Gasteiger partial charge in [-0.15, -0.1) is 0 Å². The topological polar surface area (TPSA) is 55.6 Å². The maximum absolute atomic E-state index is 4.47. The zero-order chi connectivity index (χ0) is 12.3. The van der Waals surface area contributed by atoms with Crippen molar-refractivity contribution in [3.05, 3.63) is 24.3 Å². The summed E-state index contributed by atoms with van der Waals surface area (Å²) in [6.45, 7) is 4.84. The molecule has 0 aliphatic rings. The molecule has 2 aromatic heterocycles. The molecule has 0 saturated heterocycles. The first-order chi connectivity index (χ1) is 8.24. The molecule has 0 atom stereocenters. The van der Waals surface area contributed by atoms with Crippen LogP contribution in [0.5, 0.6) is 0 Å². The Bertz CT molecular complexity index is 508. The van der Waals surface area contributed by atoms with Gasteiger partial charge in [-0.2, -0.15) is 0 Å². The molecule has 2 heterocycles. The van der Waals surface area contributed by atoms with Crippen molar-refractivity contribution in [3.8, 4) is 5.82 Å². The van der Waals surface area contributed by atoms with E-state index in [9.17, 15) is 0 Å². The highest BCUT2D eigenvalue weighted by Crippen LogP contribution is 2.17. The minimum Gasteiger partial charge on any atom is -0.370 e. The van der Waals surface area contributed by atoms with Gasteiger partial charge in [-0.3, -0.25) is 4.57 Å². The Morgan fingerprint density at radius 1 is 1.41 bits per heavy atom. The molecular weight excluding hydrogens is 234 g/mol. The number of aryl methyl sites for hydroxylation is 1. The number of imidazole rings is 1. The van der Waals surface area contributed by atoms with E-state index in [0.717, 1.165) is 29.2 Å². The van der Waals surface area contributed by atoms with Crippen LogP contribution in [-0.4, -0.2) is 32.3 Å². The molecule has 5 nitrogen and oxygen atoms in total. The van der Waals surface area contributed by atoms with Crippen LogP contribution in [0.2, 0.25) is 0 Å². The van der Waals surface area contributed by atoms with Gasteiger partial charge in [0, 0.05) is 25.0 Å². The normalized spacial score (nSPS) is 10.5. The summed E-state index contributed by atoms with van der Waals surface area (Å²) in [5.74, 6) is 2.60. The van der Waals surface area contributed by atoms with Crippen LogP contribution in [0.3, 0.4) is 0 Å². The SMILES string of the molecule is CCNc1cc(-n2ccnc2C)nc(SC)n1. The maximum atomic E-state index is 4.47. The monoisotopic (exact) mass is 249 g/mol. The fourth-order valence-electron chi connectivity index (χ4n) is 1.52. The average Bonchev–Trinajstić information content (AvgIpc) is 2.75. The van der Waals surface area contributed by atoms with Crippen LogP contribution >= 0.6 is 11.8 Å². The van der Waals surface area contributed by atoms with E-state index in [1.807, 2.05) is 36.9 Å². The van der Waals surface area contributed by atoms with Crippen LogP contribution in [0.15, 0.2) is 23.6 Å². The molecule has 0 bridgehead atoms. The van der Waals surface area contributed by atoms with Crippen molar-refractivity contribution in [3.63, 3.8) is 0 Å². The Kier molecular flexibility index (Phi) is 3.63. The molecular formula is C11H15N5S. The summed E-state index contributed by atoms with van der Waals surface area (Å²) < 4.78 is 1.95. The van der Waals surface area contributed by atoms with E-state index in [4.69, 9.17) is 0 Å². The fraction of sp³-hybridized carbons (Fsp3) is 0.364. The predicted molar refractivity (Wildman–Crippen MR) is 69.8 cm³/mol. The summed E-state index contributed by atoms with van der Waals surface area (Å²) in [5.41, 5.74) is 0. The van der Waals surface area contributed by atoms with Crippen molar-refractivity contribution in [2.24, 2.45) is 0 Å². The van der Waals surface area contributed by atoms with Gasteiger partial charge >= 0.3 is 0 Å². The summed E-state index contributed by atoms with van der Waals surface area (Å²) in [6, 6.07) is 1.93. The molecule has 0 amide bonds. The van der Waals surface area contributed by atoms with Crippen LogP contribution in [0.25, 0.3) is 5.82 Å². The Morgan fingerprint density at radius 3 is 2.82 bits per heavy atom. The highest BCUT2D eigenvalue weighted by molar-refractivity contribution is 7.98. The summed E-state index contributed by atoms with van der Waals surface area (Å²) in [6.07, 6.45) is 5.64. The molecule has 0 unspecified atom stereocenters. The van der Waals surface area contributed by atoms with Crippen molar-refractivity contribution in [2.45, 2.75) is 19.0 Å². The van der Waals surface area contributed by atoms with Gasteiger partial charge < -0.3 is 5.32 Å². The van der Waals surface area contributed by atoms with Crippen LogP contribution in [-0.2, 0) is 0 Å². The number of nitrogens with zero attached hydrogens (tertiary/aromatic N) is 4. The van der Waals surface area contributed by atoms with E-state index in [1.165, 1.54) is 11.8 Å². The number of hydrogen-bond donors (Lipinski definition) is 1. The van der Waals surface area contributed by atoms with Crippen LogP contribution in [0, 0.1) is 6.92 Å². The molecule has 0 fully saturated rings. The number of rotatable bonds is 4. The molecule has 6 heteroatoms. The van der Waals surface area contributed by atoms with E-state index in [2.05, 4.69) is 20.3 Å². The van der Waals surface area contributed by atoms with Gasteiger partial charge in [-0.1, -0.05) is 11.8 Å². The Hall–Kier alpha value is -1.56. The second kappa shape index (κ2) is 5.18. The van der Waals surface area contributed by atoms with Gasteiger partial charge in [0.15, 0.2) is 5.16 Å². The van der Waals surface area contributed by atoms with E-state index >= 15 is 0 Å². The second-order valence-corrected chi connectivity index (χ2v) is 4.25. The first-order valence-corrected chi connectivity index (χ1v) is 6.64. The van der Waals surface area contributed by atoms with E-state index in [1.54, 1.807) is 6.20 Å². The average molecular weight is 249 g/mol. The smallest absolute Gasteiger partial charge is 0.191 e. The lowest BCUT2D eigenvalue weighted by molar-refractivity contribution is 0.864. The zero-order valence-corrected chi connectivity index (χ0v) is 11.0. The Balaban J connectivity index is 2.46. The van der Waals surface area contributed by atoms with E-state index in [-0.39, 0.29) is 0 Å². The molecule has 90 valence electrons. The van der Waals surface area contributed by atoms with Crippen LogP contribution in [0.1, 0.15) is 12.7 Å². The Labute approximate surface area is 105 Å². The molecule has 17 heavy (non-hydrogen) atoms. The van der Waals surface area contributed by atoms with Gasteiger partial charge in [0.25, 0.3) is 0 Å². The number of anilines is 1. The highest BCUT2D eigenvalue weighted by Gasteiger charge is 2.07. The summed E-state index contributed by atoms with van der Waals surface area (Å²) in [4.78, 5) is 13.1. The summed E-state index contributed by atoms with van der Waals surface area (Å²) >= 11 is 1.53. The standard InChI is InChI=1S/C11H15N5S/c1-4-12-9-7-10(15-11(14-9)17-3)16-6-5-13-8(16)2/h5-7H,4H2,1-3H3,(H,12,14,15). The molecule has 0 aliphatic carbocycles. The highest BCUT2D eigenvalue weighted by atomic mass is 32.2. The first kappa shape index (κ1) is 11.9. The molecule has 0 spiro atoms. The first-order valence-electron chi connectivity index (χ1n) is 5.42. The third-order valence-electron chi connectivity index (χ3n) is 2.31. The summed E-state index contributed by atoms with van der Waals surface area (Å²) in [5, 5.41) is 3.96. The molecule has 0 radical (unpaired) electrons. The molecule has 2 rings (SSSR count). The van der Waals surface area contributed by atoms with Crippen molar-refractivity contribution in [1.29, 1.82) is 0 Å². The van der Waals surface area contributed by atoms with Crippen molar-refractivity contribution >= 4 is 17.6 Å². The van der Waals surface area contributed by atoms with Gasteiger partial charge in [0.2, 0.25) is 0 Å². The lowest BCUT2D eigenvalue weighted by Gasteiger charge is -2.09. The number of aromatic nitrogens is 4. The molecule has 0 saturated carbocycles. The van der Waals surface area contributed by atoms with Gasteiger partial charge in [-0.05, 0) is 20.1 Å². The summed E-state index contributed by atoms with van der Waals surface area (Å²) in [7, 11) is 0. The van der Waals surface area contributed by atoms with Crippen LogP contribution < -0.4 is 5.32 Å². The molecule has 0 aliphatic heterocycles. The van der Waals surface area contributed by atoms with E-state index in [0.29, 0.717) is 0 Å². The predicted octanol–water partition coefficient (Wildman–Crippen LogP) is 2.12. The minimum atomic E-state index is 0.756. The van der Waals surface area contributed by atoms with Crippen molar-refractivity contribution < 1.29 is 0 Å². The number of nitrogens with one attached hydrogen (secondary N) is 1. The second-order valence-electron chi connectivity index (χ2n) is 3.47. The Morgan fingerprint density at radius 2 is 2.24 bits per heavy atom. The third kappa shape index (κ3) is 2.58. The third-order valence-corrected chi connectivity index (χ3v) is 2.85. The molecule has 2 aromatic rings. The lowest BCUT2D eigenvalue weighted by Crippen LogP contribution is -2.06. The maximum Gasteiger partial charge on any atom is 0.191 e. The van der Waals surface area contributed by atoms with Crippen molar-refractivity contribution in [2.75, 3.05) is 18.1 Å². The van der Waals surface area contributed by atoms with Gasteiger partial charge in [0.05, 0.1) is 0 Å². The largest absolute Gasteiger partial charge is 0.370 e. The lowest BCUT2D eigenvalue weighted by atomic mass is 10.5. The van der Waals surface area contributed by atoms with Gasteiger partial charge in [0.1, 0.15) is 17.5 Å². The van der Waals surface area contributed by atoms with Gasteiger partial charge in [-0.25, -0.2) is 15.0 Å². The fourth-order valence-corrected chi connectivity index (χ4v) is 1.89. The minimum absolute atomic E-state index is 0.756. The van der Waals surface area contributed by atoms with Crippen LogP contribution in [0.4, 0.5) is 5.82 Å². The molecule has 1 N–H and O–H groups in total. The number of hydrogen-bond acceptors (Lipinski definition) is 5. The molecule has 0 aromatic carbocycles.